The summed E-state index contributed by atoms with van der Waals surface area (Å²) >= 11 is 0. The van der Waals surface area contributed by atoms with Crippen molar-refractivity contribution in [1.82, 2.24) is 14.8 Å². The minimum Gasteiger partial charge on any atom is -0.481 e. The summed E-state index contributed by atoms with van der Waals surface area (Å²) in [6.07, 6.45) is 2.56. The Hall–Kier alpha value is -1.39. The van der Waals surface area contributed by atoms with Crippen LogP contribution in [-0.2, 0) is 4.79 Å². The Bertz CT molecular complexity index is 502. The largest absolute Gasteiger partial charge is 0.481 e. The highest BCUT2D eigenvalue weighted by atomic mass is 16.4. The first kappa shape index (κ1) is 15.0. The zero-order chi connectivity index (χ0) is 15.1. The van der Waals surface area contributed by atoms with Crippen molar-refractivity contribution in [3.05, 3.63) is 11.6 Å². The molecule has 0 spiro atoms. The van der Waals surface area contributed by atoms with Crippen molar-refractivity contribution in [2.24, 2.45) is 17.3 Å². The molecule has 1 saturated carbocycles. The molecule has 0 saturated heterocycles. The minimum atomic E-state index is -0.713. The van der Waals surface area contributed by atoms with E-state index in [1.165, 1.54) is 0 Å². The molecule has 1 fully saturated rings. The van der Waals surface area contributed by atoms with Gasteiger partial charge in [0.25, 0.3) is 0 Å². The van der Waals surface area contributed by atoms with Gasteiger partial charge in [-0.15, -0.1) is 0 Å². The molecular formula is C15H25N3O2. The summed E-state index contributed by atoms with van der Waals surface area (Å²) < 4.78 is 1.84. The normalized spacial score (nSPS) is 27.6. The number of hydrogen-bond acceptors (Lipinski definition) is 3. The molecule has 0 bridgehead atoms. The Kier molecular flexibility index (Phi) is 3.89. The summed E-state index contributed by atoms with van der Waals surface area (Å²) in [5.41, 5.74) is 0.200. The van der Waals surface area contributed by atoms with E-state index >= 15 is 0 Å². The topological polar surface area (TPSA) is 68.0 Å². The third-order valence-electron chi connectivity index (χ3n) is 4.58. The Labute approximate surface area is 120 Å². The first-order valence-corrected chi connectivity index (χ1v) is 7.32. The summed E-state index contributed by atoms with van der Waals surface area (Å²) in [7, 11) is 0. The van der Waals surface area contributed by atoms with Crippen LogP contribution in [0.4, 0.5) is 0 Å². The van der Waals surface area contributed by atoms with Gasteiger partial charge in [-0.25, -0.2) is 9.67 Å². The molecule has 1 N–H and O–H groups in total. The van der Waals surface area contributed by atoms with Crippen molar-refractivity contribution in [3.8, 4) is 0 Å². The molecule has 1 aromatic rings. The number of carbonyl (C=O) groups is 1. The molecule has 3 unspecified atom stereocenters. The Morgan fingerprint density at radius 1 is 1.30 bits per heavy atom. The smallest absolute Gasteiger partial charge is 0.308 e. The predicted molar refractivity (Wildman–Crippen MR) is 76.5 cm³/mol. The molecule has 0 radical (unpaired) electrons. The van der Waals surface area contributed by atoms with Gasteiger partial charge in [0.2, 0.25) is 0 Å². The van der Waals surface area contributed by atoms with E-state index < -0.39 is 5.97 Å². The van der Waals surface area contributed by atoms with E-state index in [4.69, 9.17) is 0 Å². The lowest BCUT2D eigenvalue weighted by atomic mass is 9.68. The van der Waals surface area contributed by atoms with Crippen LogP contribution in [0.1, 0.15) is 57.7 Å². The maximum atomic E-state index is 11.6. The second-order valence-electron chi connectivity index (χ2n) is 7.04. The number of carboxylic acids is 1. The van der Waals surface area contributed by atoms with Crippen molar-refractivity contribution in [3.63, 3.8) is 0 Å². The molecule has 0 amide bonds. The SMILES string of the molecule is Cc1nc(C)n(C2CC(C(C)(C)C)CCC2C(=O)O)n1. The summed E-state index contributed by atoms with van der Waals surface area (Å²) in [6, 6.07) is -0.0772. The Balaban J connectivity index is 2.33. The van der Waals surface area contributed by atoms with Crippen LogP contribution < -0.4 is 0 Å². The van der Waals surface area contributed by atoms with Gasteiger partial charge in [-0.1, -0.05) is 20.8 Å². The highest BCUT2D eigenvalue weighted by Crippen LogP contribution is 2.44. The molecule has 2 rings (SSSR count). The fraction of sp³-hybridized carbons (Fsp3) is 0.800. The number of aryl methyl sites for hydroxylation is 2. The van der Waals surface area contributed by atoms with Crippen LogP contribution in [0, 0.1) is 31.1 Å². The molecule has 112 valence electrons. The number of hydrogen-bond donors (Lipinski definition) is 1. The molecule has 1 aliphatic carbocycles. The molecule has 20 heavy (non-hydrogen) atoms. The van der Waals surface area contributed by atoms with Gasteiger partial charge in [-0.2, -0.15) is 5.10 Å². The molecule has 3 atom stereocenters. The number of aromatic nitrogens is 3. The van der Waals surface area contributed by atoms with Gasteiger partial charge < -0.3 is 5.11 Å². The molecule has 5 nitrogen and oxygen atoms in total. The summed E-state index contributed by atoms with van der Waals surface area (Å²) in [5, 5.41) is 13.9. The number of nitrogens with zero attached hydrogens (tertiary/aromatic N) is 3. The highest BCUT2D eigenvalue weighted by Gasteiger charge is 2.40. The molecule has 1 aliphatic rings. The van der Waals surface area contributed by atoms with Gasteiger partial charge in [0.05, 0.1) is 12.0 Å². The van der Waals surface area contributed by atoms with Crippen molar-refractivity contribution >= 4 is 5.97 Å². The van der Waals surface area contributed by atoms with Crippen molar-refractivity contribution in [2.45, 2.75) is 59.9 Å². The first-order valence-electron chi connectivity index (χ1n) is 7.32. The molecule has 1 aromatic heterocycles. The van der Waals surface area contributed by atoms with Gasteiger partial charge >= 0.3 is 5.97 Å². The lowest BCUT2D eigenvalue weighted by Crippen LogP contribution is -2.37. The second-order valence-corrected chi connectivity index (χ2v) is 7.04. The zero-order valence-electron chi connectivity index (χ0n) is 13.1. The summed E-state index contributed by atoms with van der Waals surface area (Å²) in [4.78, 5) is 15.9. The summed E-state index contributed by atoms with van der Waals surface area (Å²) in [6.45, 7) is 10.4. The quantitative estimate of drug-likeness (QED) is 0.903. The van der Waals surface area contributed by atoms with Crippen LogP contribution in [0.5, 0.6) is 0 Å². The maximum Gasteiger partial charge on any atom is 0.308 e. The van der Waals surface area contributed by atoms with Crippen molar-refractivity contribution in [1.29, 1.82) is 0 Å². The van der Waals surface area contributed by atoms with Crippen LogP contribution in [0.3, 0.4) is 0 Å². The van der Waals surface area contributed by atoms with Crippen molar-refractivity contribution in [2.75, 3.05) is 0 Å². The molecule has 0 aromatic carbocycles. The average Bonchev–Trinajstić information content (AvgIpc) is 2.66. The third kappa shape index (κ3) is 2.86. The predicted octanol–water partition coefficient (Wildman–Crippen LogP) is 2.98. The monoisotopic (exact) mass is 279 g/mol. The number of carboxylic acid groups (broad SMARTS) is 1. The number of aliphatic carboxylic acids is 1. The van der Waals surface area contributed by atoms with Crippen molar-refractivity contribution < 1.29 is 9.90 Å². The van der Waals surface area contributed by atoms with Crippen LogP contribution in [0.2, 0.25) is 0 Å². The maximum absolute atomic E-state index is 11.6. The van der Waals surface area contributed by atoms with E-state index in [-0.39, 0.29) is 17.4 Å². The zero-order valence-corrected chi connectivity index (χ0v) is 13.1. The Morgan fingerprint density at radius 2 is 1.95 bits per heavy atom. The highest BCUT2D eigenvalue weighted by molar-refractivity contribution is 5.70. The minimum absolute atomic E-state index is 0.0772. The van der Waals surface area contributed by atoms with Gasteiger partial charge in [-0.3, -0.25) is 4.79 Å². The fourth-order valence-electron chi connectivity index (χ4n) is 3.34. The van der Waals surface area contributed by atoms with Gasteiger partial charge in [0.1, 0.15) is 11.6 Å². The molecule has 5 heteroatoms. The van der Waals surface area contributed by atoms with E-state index in [0.717, 1.165) is 25.1 Å². The fourth-order valence-corrected chi connectivity index (χ4v) is 3.34. The van der Waals surface area contributed by atoms with Gasteiger partial charge in [0, 0.05) is 0 Å². The van der Waals surface area contributed by atoms with Gasteiger partial charge in [0.15, 0.2) is 0 Å². The van der Waals surface area contributed by atoms with Crippen LogP contribution >= 0.6 is 0 Å². The van der Waals surface area contributed by atoms with Gasteiger partial charge in [-0.05, 0) is 44.4 Å². The van der Waals surface area contributed by atoms with Crippen LogP contribution in [-0.4, -0.2) is 25.8 Å². The standard InChI is InChI=1S/C15H25N3O2/c1-9-16-10(2)18(17-9)13-8-11(15(3,4)5)6-7-12(13)14(19)20/h11-13H,6-8H2,1-5H3,(H,19,20). The lowest BCUT2D eigenvalue weighted by molar-refractivity contribution is -0.145. The van der Waals surface area contributed by atoms with Crippen LogP contribution in [0.15, 0.2) is 0 Å². The van der Waals surface area contributed by atoms with E-state index in [1.54, 1.807) is 0 Å². The van der Waals surface area contributed by atoms with E-state index in [0.29, 0.717) is 11.7 Å². The lowest BCUT2D eigenvalue weighted by Gasteiger charge is -2.40. The molecular weight excluding hydrogens is 254 g/mol. The summed E-state index contributed by atoms with van der Waals surface area (Å²) in [5.74, 6) is 0.980. The third-order valence-corrected chi connectivity index (χ3v) is 4.58. The molecule has 1 heterocycles. The number of rotatable bonds is 2. The second kappa shape index (κ2) is 5.19. The molecule has 0 aliphatic heterocycles. The van der Waals surface area contributed by atoms with E-state index in [9.17, 15) is 9.90 Å². The first-order chi connectivity index (χ1) is 9.20. The Morgan fingerprint density at radius 3 is 2.40 bits per heavy atom. The van der Waals surface area contributed by atoms with E-state index in [2.05, 4.69) is 30.9 Å². The average molecular weight is 279 g/mol. The van der Waals surface area contributed by atoms with E-state index in [1.807, 2.05) is 18.5 Å². The van der Waals surface area contributed by atoms with Crippen LogP contribution in [0.25, 0.3) is 0 Å².